The van der Waals surface area contributed by atoms with Crippen LogP contribution in [0.2, 0.25) is 0 Å². The molecular formula is C20H23F3N4O2S. The van der Waals surface area contributed by atoms with E-state index in [0.717, 1.165) is 23.5 Å². The molecule has 0 amide bonds. The third-order valence-corrected chi connectivity index (χ3v) is 6.39. The maximum absolute atomic E-state index is 12.7. The van der Waals surface area contributed by atoms with Crippen molar-refractivity contribution in [3.05, 3.63) is 39.6 Å². The lowest BCUT2D eigenvalue weighted by Gasteiger charge is -2.32. The third kappa shape index (κ3) is 4.75. The number of nitrogens with two attached hydrogens (primary N) is 1. The highest BCUT2D eigenvalue weighted by molar-refractivity contribution is 7.09. The van der Waals surface area contributed by atoms with Gasteiger partial charge in [-0.25, -0.2) is 4.98 Å². The highest BCUT2D eigenvalue weighted by Crippen LogP contribution is 2.44. The summed E-state index contributed by atoms with van der Waals surface area (Å²) in [6, 6.07) is 1.47. The number of rotatable bonds is 6. The number of aryl methyl sites for hydroxylation is 1. The first kappa shape index (κ1) is 21.0. The van der Waals surface area contributed by atoms with Crippen molar-refractivity contribution in [2.24, 2.45) is 10.7 Å². The van der Waals surface area contributed by atoms with Crippen molar-refractivity contribution in [2.75, 3.05) is 19.8 Å². The molecule has 0 bridgehead atoms. The largest absolute Gasteiger partial charge is 0.484 e. The smallest absolute Gasteiger partial charge is 0.422 e. The number of amidine groups is 1. The second kappa shape index (κ2) is 8.14. The van der Waals surface area contributed by atoms with Crippen LogP contribution in [0.5, 0.6) is 5.75 Å². The lowest BCUT2D eigenvalue weighted by atomic mass is 9.91. The first-order chi connectivity index (χ1) is 14.3. The highest BCUT2D eigenvalue weighted by atomic mass is 32.1. The van der Waals surface area contributed by atoms with Gasteiger partial charge in [-0.2, -0.15) is 13.2 Å². The van der Waals surface area contributed by atoms with E-state index < -0.39 is 18.3 Å². The first-order valence-corrected chi connectivity index (χ1v) is 10.7. The van der Waals surface area contributed by atoms with Crippen molar-refractivity contribution in [3.8, 4) is 5.75 Å². The molecule has 2 aromatic rings. The number of hydrogen-bond donors (Lipinski definition) is 1. The van der Waals surface area contributed by atoms with Crippen molar-refractivity contribution in [2.45, 2.75) is 50.2 Å². The van der Waals surface area contributed by atoms with E-state index in [1.165, 1.54) is 17.4 Å². The number of halogens is 3. The van der Waals surface area contributed by atoms with E-state index in [4.69, 9.17) is 20.2 Å². The Hall–Kier alpha value is -2.20. The predicted octanol–water partition coefficient (Wildman–Crippen LogP) is 4.08. The average Bonchev–Trinajstić information content (AvgIpc) is 3.46. The van der Waals surface area contributed by atoms with Gasteiger partial charge in [0, 0.05) is 55.0 Å². The normalized spacial score (nSPS) is 19.7. The van der Waals surface area contributed by atoms with E-state index in [-0.39, 0.29) is 17.5 Å². The Morgan fingerprint density at radius 3 is 2.70 bits per heavy atom. The molecule has 30 heavy (non-hydrogen) atoms. The summed E-state index contributed by atoms with van der Waals surface area (Å²) in [5.74, 6) is 0.515. The number of aliphatic imine (C=N–C) groups is 1. The zero-order valence-corrected chi connectivity index (χ0v) is 17.4. The topological polar surface area (TPSA) is 82.6 Å². The summed E-state index contributed by atoms with van der Waals surface area (Å²) in [6.45, 7) is 1.63. The van der Waals surface area contributed by atoms with Gasteiger partial charge in [-0.1, -0.05) is 0 Å². The fourth-order valence-electron chi connectivity index (χ4n) is 3.51. The van der Waals surface area contributed by atoms with Gasteiger partial charge in [-0.15, -0.1) is 11.3 Å². The Bertz CT molecular complexity index is 934. The minimum absolute atomic E-state index is 0.156. The number of nitrogens with zero attached hydrogens (tertiary/aromatic N) is 3. The molecule has 1 aliphatic carbocycles. The van der Waals surface area contributed by atoms with Crippen molar-refractivity contribution < 1.29 is 22.6 Å². The van der Waals surface area contributed by atoms with Crippen LogP contribution in [0.4, 0.5) is 13.2 Å². The zero-order valence-electron chi connectivity index (χ0n) is 16.5. The first-order valence-electron chi connectivity index (χ1n) is 9.81. The van der Waals surface area contributed by atoms with Gasteiger partial charge in [0.2, 0.25) is 0 Å². The molecule has 1 aliphatic heterocycles. The van der Waals surface area contributed by atoms with E-state index in [9.17, 15) is 13.2 Å². The molecule has 0 unspecified atom stereocenters. The molecule has 0 atom stereocenters. The Labute approximate surface area is 176 Å². The maximum Gasteiger partial charge on any atom is 0.422 e. The molecular weight excluding hydrogens is 417 g/mol. The van der Waals surface area contributed by atoms with E-state index in [1.54, 1.807) is 6.20 Å². The van der Waals surface area contributed by atoms with Crippen LogP contribution in [0, 0.1) is 6.92 Å². The third-order valence-electron chi connectivity index (χ3n) is 5.24. The quantitative estimate of drug-likeness (QED) is 0.541. The highest BCUT2D eigenvalue weighted by Gasteiger charge is 2.38. The maximum atomic E-state index is 12.7. The number of ether oxygens (including phenoxy) is 2. The second-order valence-electron chi connectivity index (χ2n) is 7.72. The van der Waals surface area contributed by atoms with Crippen LogP contribution in [0.15, 0.2) is 22.6 Å². The van der Waals surface area contributed by atoms with Gasteiger partial charge in [0.15, 0.2) is 6.61 Å². The molecule has 2 aromatic heterocycles. The number of aromatic nitrogens is 2. The molecule has 162 valence electrons. The summed E-state index contributed by atoms with van der Waals surface area (Å²) in [7, 11) is 0. The summed E-state index contributed by atoms with van der Waals surface area (Å²) in [4.78, 5) is 13.8. The molecule has 2 N–H and O–H groups in total. The van der Waals surface area contributed by atoms with Crippen LogP contribution >= 0.6 is 11.3 Å². The Morgan fingerprint density at radius 2 is 2.10 bits per heavy atom. The molecule has 10 heteroatoms. The summed E-state index contributed by atoms with van der Waals surface area (Å²) in [6.07, 6.45) is 0.222. The molecule has 1 saturated heterocycles. The Kier molecular flexibility index (Phi) is 5.71. The molecule has 3 heterocycles. The van der Waals surface area contributed by atoms with E-state index in [1.807, 2.05) is 12.3 Å². The number of pyridine rings is 1. The molecule has 1 saturated carbocycles. The molecule has 0 radical (unpaired) electrons. The molecule has 0 spiro atoms. The second-order valence-corrected chi connectivity index (χ2v) is 8.58. The van der Waals surface area contributed by atoms with E-state index in [0.29, 0.717) is 37.3 Å². The minimum atomic E-state index is -4.42. The lowest BCUT2D eigenvalue weighted by Crippen LogP contribution is -2.35. The predicted molar refractivity (Wildman–Crippen MR) is 107 cm³/mol. The molecule has 0 aromatic carbocycles. The van der Waals surface area contributed by atoms with Gasteiger partial charge in [-0.05, 0) is 25.7 Å². The minimum Gasteiger partial charge on any atom is -0.484 e. The summed E-state index contributed by atoms with van der Waals surface area (Å²) < 4.78 is 48.7. The van der Waals surface area contributed by atoms with E-state index >= 15 is 0 Å². The van der Waals surface area contributed by atoms with Crippen LogP contribution in [0.25, 0.3) is 0 Å². The van der Waals surface area contributed by atoms with Gasteiger partial charge < -0.3 is 15.2 Å². The van der Waals surface area contributed by atoms with Gasteiger partial charge in [-0.3, -0.25) is 9.98 Å². The van der Waals surface area contributed by atoms with Gasteiger partial charge in [0.1, 0.15) is 27.8 Å². The van der Waals surface area contributed by atoms with Crippen LogP contribution in [0.3, 0.4) is 0 Å². The number of thiazole rings is 1. The molecule has 4 rings (SSSR count). The fourth-order valence-corrected chi connectivity index (χ4v) is 4.51. The molecule has 6 nitrogen and oxygen atoms in total. The summed E-state index contributed by atoms with van der Waals surface area (Å²) in [5.41, 5.74) is 7.57. The lowest BCUT2D eigenvalue weighted by molar-refractivity contribution is -0.153. The van der Waals surface area contributed by atoms with Crippen LogP contribution in [-0.2, 0) is 10.3 Å². The van der Waals surface area contributed by atoms with Crippen LogP contribution in [0.1, 0.15) is 53.6 Å². The monoisotopic (exact) mass is 440 g/mol. The van der Waals surface area contributed by atoms with Crippen LogP contribution in [-0.4, -0.2) is 41.8 Å². The standard InChI is InChI=1S/C20H23F3N4O2S/c1-12-10-30-18(26-12)19(4-6-28-7-5-19)27-17(24)15-8-16(29-11-20(21,22)23)14(9-25-15)13-2-3-13/h8-10,13H,2-7,11H2,1H3,(H2,24,27). The van der Waals surface area contributed by atoms with Gasteiger partial charge >= 0.3 is 6.18 Å². The van der Waals surface area contributed by atoms with Gasteiger partial charge in [0.05, 0.1) is 0 Å². The van der Waals surface area contributed by atoms with Crippen molar-refractivity contribution in [1.82, 2.24) is 9.97 Å². The fraction of sp³-hybridized carbons (Fsp3) is 0.550. The summed E-state index contributed by atoms with van der Waals surface area (Å²) in [5, 5.41) is 2.82. The van der Waals surface area contributed by atoms with E-state index in [2.05, 4.69) is 9.97 Å². The zero-order chi connectivity index (χ0) is 21.4. The number of hydrogen-bond acceptors (Lipinski definition) is 6. The summed E-state index contributed by atoms with van der Waals surface area (Å²) >= 11 is 1.52. The van der Waals surface area contributed by atoms with Gasteiger partial charge in [0.25, 0.3) is 0 Å². The molecule has 2 aliphatic rings. The van der Waals surface area contributed by atoms with Crippen molar-refractivity contribution >= 4 is 17.2 Å². The van der Waals surface area contributed by atoms with Crippen molar-refractivity contribution in [3.63, 3.8) is 0 Å². The SMILES string of the molecule is Cc1csc(C2(N=C(N)c3cc(OCC(F)(F)F)c(C4CC4)cn3)CCOCC2)n1. The average molecular weight is 440 g/mol. The number of alkyl halides is 3. The van der Waals surface area contributed by atoms with Crippen molar-refractivity contribution in [1.29, 1.82) is 0 Å². The Balaban J connectivity index is 1.66. The Morgan fingerprint density at radius 1 is 1.37 bits per heavy atom. The molecule has 2 fully saturated rings. The van der Waals surface area contributed by atoms with Crippen LogP contribution < -0.4 is 10.5 Å².